The molecule has 48 heavy (non-hydrogen) atoms. The molecule has 0 fully saturated rings. The van der Waals surface area contributed by atoms with Crippen LogP contribution in [-0.4, -0.2) is 70.9 Å². The lowest BCUT2D eigenvalue weighted by Gasteiger charge is -2.18. The van der Waals surface area contributed by atoms with Crippen molar-refractivity contribution in [1.29, 1.82) is 0 Å². The van der Waals surface area contributed by atoms with Crippen molar-refractivity contribution in [3.05, 3.63) is 107 Å². The fourth-order valence-electron chi connectivity index (χ4n) is 5.40. The average molecular weight is 660 g/mol. The summed E-state index contributed by atoms with van der Waals surface area (Å²) in [7, 11) is 4.49. The topological polar surface area (TPSA) is 121 Å². The summed E-state index contributed by atoms with van der Waals surface area (Å²) in [6, 6.07) is 17.5. The summed E-state index contributed by atoms with van der Waals surface area (Å²) in [4.78, 5) is 39.7. The van der Waals surface area contributed by atoms with E-state index in [-0.39, 0.29) is 30.5 Å². The summed E-state index contributed by atoms with van der Waals surface area (Å²) < 4.78 is 34.6. The van der Waals surface area contributed by atoms with Crippen LogP contribution in [0.1, 0.15) is 59.3 Å². The maximum absolute atomic E-state index is 14.3. The Balaban J connectivity index is 1.91. The molecule has 0 unspecified atom stereocenters. The Labute approximate surface area is 278 Å². The second kappa shape index (κ2) is 15.6. The van der Waals surface area contributed by atoms with Crippen LogP contribution in [-0.2, 0) is 9.53 Å². The van der Waals surface area contributed by atoms with Gasteiger partial charge < -0.3 is 29.7 Å². The van der Waals surface area contributed by atoms with E-state index < -0.39 is 35.7 Å². The lowest BCUT2D eigenvalue weighted by Crippen LogP contribution is -2.22. The molecule has 0 spiro atoms. The van der Waals surface area contributed by atoms with Crippen LogP contribution in [0, 0.1) is 11.6 Å². The number of rotatable bonds is 12. The summed E-state index contributed by atoms with van der Waals surface area (Å²) in [6.45, 7) is 3.74. The number of amides is 2. The van der Waals surface area contributed by atoms with E-state index >= 15 is 0 Å². The highest BCUT2D eigenvalue weighted by molar-refractivity contribution is 6.12. The van der Waals surface area contributed by atoms with Crippen molar-refractivity contribution >= 4 is 29.5 Å². The number of carbonyl (C=O) groups excluding carboxylic acids is 3. The molecule has 1 heterocycles. The quantitative estimate of drug-likeness (QED) is 0.153. The number of nitrogens with one attached hydrogen (secondary N) is 1. The van der Waals surface area contributed by atoms with E-state index in [4.69, 9.17) is 0 Å². The van der Waals surface area contributed by atoms with Crippen molar-refractivity contribution in [2.45, 2.75) is 44.9 Å². The van der Waals surface area contributed by atoms with Crippen molar-refractivity contribution in [2.24, 2.45) is 0 Å². The van der Waals surface area contributed by atoms with Crippen LogP contribution in [0.3, 0.4) is 0 Å². The second-order valence-corrected chi connectivity index (χ2v) is 11.8. The van der Waals surface area contributed by atoms with Gasteiger partial charge in [-0.3, -0.25) is 14.4 Å². The summed E-state index contributed by atoms with van der Waals surface area (Å²) in [5, 5.41) is 24.0. The first-order chi connectivity index (χ1) is 22.8. The zero-order chi connectivity index (χ0) is 35.1. The molecule has 3 aromatic carbocycles. The number of aromatic nitrogens is 1. The highest BCUT2D eigenvalue weighted by atomic mass is 19.1. The van der Waals surface area contributed by atoms with Crippen LogP contribution in [0.5, 0.6) is 0 Å². The Morgan fingerprint density at radius 1 is 0.875 bits per heavy atom. The number of methoxy groups -OCH3 is 1. The Bertz CT molecular complexity index is 1780. The molecule has 0 saturated carbocycles. The molecule has 0 bridgehead atoms. The first-order valence-corrected chi connectivity index (χ1v) is 15.3. The predicted octanol–water partition coefficient (Wildman–Crippen LogP) is 6.32. The average Bonchev–Trinajstić information content (AvgIpc) is 3.39. The van der Waals surface area contributed by atoms with Crippen molar-refractivity contribution in [3.63, 3.8) is 0 Å². The number of aliphatic hydroxyl groups is 2. The molecular formula is C37H39F2N3O6. The fraction of sp³-hybridized carbons (Fsp3) is 0.270. The molecule has 4 rings (SSSR count). The molecule has 0 aliphatic heterocycles. The van der Waals surface area contributed by atoms with Gasteiger partial charge >= 0.3 is 5.97 Å². The third-order valence-electron chi connectivity index (χ3n) is 7.66. The van der Waals surface area contributed by atoms with E-state index in [0.717, 1.165) is 0 Å². The first kappa shape index (κ1) is 35.7. The summed E-state index contributed by atoms with van der Waals surface area (Å²) >= 11 is 0. The molecule has 11 heteroatoms. The van der Waals surface area contributed by atoms with Crippen molar-refractivity contribution in [3.8, 4) is 22.3 Å². The molecule has 2 amide bonds. The van der Waals surface area contributed by atoms with Crippen LogP contribution >= 0.6 is 0 Å². The number of nitrogens with zero attached hydrogens (tertiary/aromatic N) is 2. The summed E-state index contributed by atoms with van der Waals surface area (Å²) in [6.07, 6.45) is 0.244. The maximum Gasteiger partial charge on any atom is 0.308 e. The molecule has 4 aromatic rings. The van der Waals surface area contributed by atoms with E-state index in [1.807, 2.05) is 13.8 Å². The van der Waals surface area contributed by atoms with E-state index in [9.17, 15) is 33.4 Å². The number of aliphatic hydroxyl groups excluding tert-OH is 2. The Morgan fingerprint density at radius 2 is 1.42 bits per heavy atom. The van der Waals surface area contributed by atoms with Crippen LogP contribution in [0.2, 0.25) is 0 Å². The van der Waals surface area contributed by atoms with Gasteiger partial charge in [-0.2, -0.15) is 0 Å². The summed E-state index contributed by atoms with van der Waals surface area (Å²) in [5.41, 5.74) is 3.58. The standard InChI is InChI=1S/C37H39F2N3O6/c1-22(2)42-31(19-18-29(43)20-30(44)21-32(45)48-5)33(23-6-12-26(38)13-7-23)34(24-8-14-27(39)15-9-24)35(42)36(46)40-28-16-10-25(11-17-28)37(47)41(3)4/h6-19,22,29-30,43-44H,20-21H2,1-5H3,(H,40,46)/b19-18+/t29-,30-/m1/s1. The number of halogens is 2. The largest absolute Gasteiger partial charge is 0.469 e. The van der Waals surface area contributed by atoms with E-state index in [1.165, 1.54) is 42.4 Å². The van der Waals surface area contributed by atoms with Crippen LogP contribution < -0.4 is 5.32 Å². The van der Waals surface area contributed by atoms with Crippen LogP contribution in [0.4, 0.5) is 14.5 Å². The van der Waals surface area contributed by atoms with E-state index in [0.29, 0.717) is 39.2 Å². The molecule has 0 aliphatic rings. The third-order valence-corrected chi connectivity index (χ3v) is 7.66. The molecule has 0 radical (unpaired) electrons. The monoisotopic (exact) mass is 659 g/mol. The first-order valence-electron chi connectivity index (χ1n) is 15.3. The van der Waals surface area contributed by atoms with Gasteiger partial charge in [-0.1, -0.05) is 30.3 Å². The number of hydrogen-bond acceptors (Lipinski definition) is 6. The lowest BCUT2D eigenvalue weighted by molar-refractivity contribution is -0.143. The Hall–Kier alpha value is -5.13. The predicted molar refractivity (Wildman–Crippen MR) is 180 cm³/mol. The molecule has 252 valence electrons. The van der Waals surface area contributed by atoms with E-state index in [1.54, 1.807) is 73.3 Å². The van der Waals surface area contributed by atoms with Gasteiger partial charge in [0.15, 0.2) is 0 Å². The fourth-order valence-corrected chi connectivity index (χ4v) is 5.40. The van der Waals surface area contributed by atoms with Crippen LogP contribution in [0.15, 0.2) is 78.9 Å². The van der Waals surface area contributed by atoms with Crippen molar-refractivity contribution in [2.75, 3.05) is 26.5 Å². The lowest BCUT2D eigenvalue weighted by atomic mass is 9.94. The molecule has 9 nitrogen and oxygen atoms in total. The Kier molecular flexibility index (Phi) is 11.6. The number of carbonyl (C=O) groups is 3. The highest BCUT2D eigenvalue weighted by Gasteiger charge is 2.30. The molecular weight excluding hydrogens is 620 g/mol. The van der Waals surface area contributed by atoms with Gasteiger partial charge in [0.2, 0.25) is 0 Å². The minimum absolute atomic E-state index is 0.162. The van der Waals surface area contributed by atoms with Gasteiger partial charge in [0.05, 0.1) is 25.7 Å². The molecule has 1 aromatic heterocycles. The number of anilines is 1. The SMILES string of the molecule is COC(=O)C[C@H](O)C[C@H](O)/C=C/c1c(-c2ccc(F)cc2)c(-c2ccc(F)cc2)c(C(=O)Nc2ccc(C(=O)N(C)C)cc2)n1C(C)C. The highest BCUT2D eigenvalue weighted by Crippen LogP contribution is 2.43. The van der Waals surface area contributed by atoms with Gasteiger partial charge in [0.25, 0.3) is 11.8 Å². The normalized spacial score (nSPS) is 12.6. The number of ether oxygens (including phenoxy) is 1. The second-order valence-electron chi connectivity index (χ2n) is 11.8. The number of esters is 1. The maximum atomic E-state index is 14.3. The minimum Gasteiger partial charge on any atom is -0.469 e. The zero-order valence-electron chi connectivity index (χ0n) is 27.4. The van der Waals surface area contributed by atoms with Crippen molar-refractivity contribution < 1.29 is 38.1 Å². The third kappa shape index (κ3) is 8.41. The van der Waals surface area contributed by atoms with Gasteiger partial charge in [-0.05, 0) is 79.6 Å². The van der Waals surface area contributed by atoms with Gasteiger partial charge in [-0.25, -0.2) is 8.78 Å². The van der Waals surface area contributed by atoms with Gasteiger partial charge in [-0.15, -0.1) is 0 Å². The molecule has 0 aliphatic carbocycles. The molecule has 3 N–H and O–H groups in total. The van der Waals surface area contributed by atoms with Gasteiger partial charge in [0, 0.05) is 54.6 Å². The molecule has 2 atom stereocenters. The van der Waals surface area contributed by atoms with Crippen LogP contribution in [0.25, 0.3) is 28.3 Å². The number of hydrogen-bond donors (Lipinski definition) is 3. The van der Waals surface area contributed by atoms with E-state index in [2.05, 4.69) is 10.1 Å². The number of benzene rings is 3. The molecule has 0 saturated heterocycles. The Morgan fingerprint density at radius 3 is 1.92 bits per heavy atom. The van der Waals surface area contributed by atoms with Crippen molar-refractivity contribution in [1.82, 2.24) is 9.47 Å². The minimum atomic E-state index is -1.18. The van der Waals surface area contributed by atoms with Gasteiger partial charge in [0.1, 0.15) is 17.3 Å². The zero-order valence-corrected chi connectivity index (χ0v) is 27.4. The summed E-state index contributed by atoms with van der Waals surface area (Å²) in [5.74, 6) is -2.26. The smallest absolute Gasteiger partial charge is 0.308 e.